The summed E-state index contributed by atoms with van der Waals surface area (Å²) < 4.78 is 49.4. The second kappa shape index (κ2) is 11.4. The van der Waals surface area contributed by atoms with E-state index < -0.39 is 45.0 Å². The maximum Gasteiger partial charge on any atom is 0.318 e. The molecule has 0 aliphatic rings. The molecule has 0 aliphatic carbocycles. The molecule has 3 rings (SSSR count). The molecular formula is C24H25N3O7S2. The van der Waals surface area contributed by atoms with Crippen LogP contribution in [0, 0.1) is 0 Å². The number of carboxylic acid groups (broad SMARTS) is 1. The van der Waals surface area contributed by atoms with E-state index >= 15 is 0 Å². The Morgan fingerprint density at radius 3 is 1.89 bits per heavy atom. The number of aliphatic carboxylic acids is 1. The molecule has 1 amide bonds. The van der Waals surface area contributed by atoms with Gasteiger partial charge < -0.3 is 10.4 Å². The number of rotatable bonds is 11. The molecule has 36 heavy (non-hydrogen) atoms. The Hall–Kier alpha value is -3.58. The van der Waals surface area contributed by atoms with E-state index in [1.54, 1.807) is 24.3 Å². The van der Waals surface area contributed by atoms with Crippen LogP contribution in [0.2, 0.25) is 0 Å². The number of primary sulfonamides is 1. The summed E-state index contributed by atoms with van der Waals surface area (Å²) in [4.78, 5) is 23.6. The lowest BCUT2D eigenvalue weighted by Crippen LogP contribution is -2.43. The van der Waals surface area contributed by atoms with Gasteiger partial charge in [-0.2, -0.15) is 4.31 Å². The minimum absolute atomic E-state index is 0.0402. The van der Waals surface area contributed by atoms with Gasteiger partial charge in [-0.25, -0.2) is 22.0 Å². The van der Waals surface area contributed by atoms with Crippen molar-refractivity contribution in [1.29, 1.82) is 0 Å². The van der Waals surface area contributed by atoms with Gasteiger partial charge in [0.2, 0.25) is 26.0 Å². The second-order valence-corrected chi connectivity index (χ2v) is 11.3. The summed E-state index contributed by atoms with van der Waals surface area (Å²) in [6.07, 6.45) is 0.337. The van der Waals surface area contributed by atoms with Gasteiger partial charge in [-0.05, 0) is 47.4 Å². The van der Waals surface area contributed by atoms with Crippen LogP contribution in [-0.2, 0) is 36.1 Å². The van der Waals surface area contributed by atoms with E-state index in [4.69, 9.17) is 5.14 Å². The Bertz CT molecular complexity index is 1420. The number of benzene rings is 3. The van der Waals surface area contributed by atoms with Gasteiger partial charge in [-0.15, -0.1) is 0 Å². The highest BCUT2D eigenvalue weighted by Gasteiger charge is 2.28. The molecule has 0 saturated carbocycles. The van der Waals surface area contributed by atoms with E-state index in [0.29, 0.717) is 10.7 Å². The lowest BCUT2D eigenvalue weighted by molar-refractivity contribution is -0.137. The molecule has 4 N–H and O–H groups in total. The SMILES string of the molecule is NS(=O)(=O)c1ccc(CCNC(=O)CN(CC(=O)O)S(=O)(=O)c2ccc(-c3ccccc3)cc2)cc1. The minimum Gasteiger partial charge on any atom is -0.480 e. The van der Waals surface area contributed by atoms with Gasteiger partial charge in [0.15, 0.2) is 0 Å². The van der Waals surface area contributed by atoms with Crippen LogP contribution in [0.15, 0.2) is 88.7 Å². The van der Waals surface area contributed by atoms with Crippen molar-refractivity contribution >= 4 is 31.9 Å². The Morgan fingerprint density at radius 1 is 0.778 bits per heavy atom. The number of carbonyl (C=O) groups is 2. The quantitative estimate of drug-likeness (QED) is 0.337. The van der Waals surface area contributed by atoms with E-state index in [1.807, 2.05) is 30.3 Å². The molecule has 0 saturated heterocycles. The van der Waals surface area contributed by atoms with E-state index in [1.165, 1.54) is 24.3 Å². The maximum absolute atomic E-state index is 13.1. The van der Waals surface area contributed by atoms with Crippen molar-refractivity contribution in [3.8, 4) is 11.1 Å². The molecule has 10 nitrogen and oxygen atoms in total. The number of hydrogen-bond donors (Lipinski definition) is 3. The number of nitrogens with zero attached hydrogens (tertiary/aromatic N) is 1. The Balaban J connectivity index is 1.65. The van der Waals surface area contributed by atoms with Crippen molar-refractivity contribution in [2.24, 2.45) is 5.14 Å². The highest BCUT2D eigenvalue weighted by atomic mass is 32.2. The molecule has 0 fully saturated rings. The molecule has 0 bridgehead atoms. The van der Waals surface area contributed by atoms with E-state index in [2.05, 4.69) is 5.32 Å². The van der Waals surface area contributed by atoms with Crippen LogP contribution in [0.3, 0.4) is 0 Å². The fourth-order valence-electron chi connectivity index (χ4n) is 3.38. The smallest absolute Gasteiger partial charge is 0.318 e. The summed E-state index contributed by atoms with van der Waals surface area (Å²) >= 11 is 0. The third kappa shape index (κ3) is 7.21. The molecule has 0 aliphatic heterocycles. The van der Waals surface area contributed by atoms with Gasteiger partial charge >= 0.3 is 5.97 Å². The highest BCUT2D eigenvalue weighted by molar-refractivity contribution is 7.89. The van der Waals surface area contributed by atoms with Gasteiger partial charge in [0, 0.05) is 6.54 Å². The van der Waals surface area contributed by atoms with Crippen molar-refractivity contribution in [2.75, 3.05) is 19.6 Å². The molecule has 0 spiro atoms. The lowest BCUT2D eigenvalue weighted by Gasteiger charge is -2.20. The van der Waals surface area contributed by atoms with Gasteiger partial charge in [0.25, 0.3) is 0 Å². The van der Waals surface area contributed by atoms with Gasteiger partial charge in [0.05, 0.1) is 16.3 Å². The number of nitrogens with one attached hydrogen (secondary N) is 1. The van der Waals surface area contributed by atoms with Crippen LogP contribution in [0.25, 0.3) is 11.1 Å². The first-order valence-corrected chi connectivity index (χ1v) is 13.7. The topological polar surface area (TPSA) is 164 Å². The number of sulfonamides is 2. The Kier molecular flexibility index (Phi) is 8.58. The van der Waals surface area contributed by atoms with Crippen LogP contribution in [0.4, 0.5) is 0 Å². The average molecular weight is 532 g/mol. The Labute approximate surface area is 209 Å². The summed E-state index contributed by atoms with van der Waals surface area (Å²) in [6.45, 7) is -1.44. The summed E-state index contributed by atoms with van der Waals surface area (Å²) in [5.41, 5.74) is 2.40. The zero-order valence-electron chi connectivity index (χ0n) is 19.1. The molecule has 0 aromatic heterocycles. The standard InChI is InChI=1S/C24H25N3O7S2/c25-35(31,32)21-10-6-18(7-11-21)14-15-26-23(28)16-27(17-24(29)30)36(33,34)22-12-8-20(9-13-22)19-4-2-1-3-5-19/h1-13H,14-17H2,(H,26,28)(H,29,30)(H2,25,31,32). The molecule has 0 atom stereocenters. The summed E-state index contributed by atoms with van der Waals surface area (Å²) in [7, 11) is -8.07. The van der Waals surface area contributed by atoms with E-state index in [0.717, 1.165) is 16.7 Å². The number of hydrogen-bond acceptors (Lipinski definition) is 6. The predicted octanol–water partition coefficient (Wildman–Crippen LogP) is 1.44. The number of carboxylic acids is 1. The predicted molar refractivity (Wildman–Crippen MR) is 133 cm³/mol. The summed E-state index contributed by atoms with van der Waals surface area (Å²) in [5.74, 6) is -2.08. The lowest BCUT2D eigenvalue weighted by atomic mass is 10.1. The Morgan fingerprint density at radius 2 is 1.33 bits per heavy atom. The normalized spacial score (nSPS) is 11.8. The fraction of sp³-hybridized carbons (Fsp3) is 0.167. The first kappa shape index (κ1) is 27.0. The van der Waals surface area contributed by atoms with Gasteiger partial charge in [-0.3, -0.25) is 9.59 Å². The van der Waals surface area contributed by atoms with Crippen molar-refractivity contribution < 1.29 is 31.5 Å². The average Bonchev–Trinajstić information content (AvgIpc) is 2.84. The van der Waals surface area contributed by atoms with Crippen LogP contribution < -0.4 is 10.5 Å². The van der Waals surface area contributed by atoms with Crippen molar-refractivity contribution in [3.63, 3.8) is 0 Å². The van der Waals surface area contributed by atoms with Crippen molar-refractivity contribution in [1.82, 2.24) is 9.62 Å². The maximum atomic E-state index is 13.1. The fourth-order valence-corrected chi connectivity index (χ4v) is 5.25. The second-order valence-electron chi connectivity index (χ2n) is 7.85. The highest BCUT2D eigenvalue weighted by Crippen LogP contribution is 2.23. The monoisotopic (exact) mass is 531 g/mol. The first-order chi connectivity index (χ1) is 17.0. The van der Waals surface area contributed by atoms with Crippen LogP contribution >= 0.6 is 0 Å². The molecule has 190 valence electrons. The zero-order chi connectivity index (χ0) is 26.3. The molecule has 0 unspecified atom stereocenters. The largest absolute Gasteiger partial charge is 0.480 e. The van der Waals surface area contributed by atoms with E-state index in [-0.39, 0.29) is 16.3 Å². The van der Waals surface area contributed by atoms with Crippen molar-refractivity contribution in [3.05, 3.63) is 84.4 Å². The number of nitrogens with two attached hydrogens (primary N) is 1. The zero-order valence-corrected chi connectivity index (χ0v) is 20.7. The third-order valence-corrected chi connectivity index (χ3v) is 7.95. The number of carbonyl (C=O) groups excluding carboxylic acids is 1. The van der Waals surface area contributed by atoms with Gasteiger partial charge in [0.1, 0.15) is 6.54 Å². The van der Waals surface area contributed by atoms with Crippen LogP contribution in [-0.4, -0.2) is 57.8 Å². The van der Waals surface area contributed by atoms with Crippen LogP contribution in [0.5, 0.6) is 0 Å². The molecule has 0 radical (unpaired) electrons. The third-order valence-electron chi connectivity index (χ3n) is 5.22. The molecule has 12 heteroatoms. The first-order valence-electron chi connectivity index (χ1n) is 10.7. The van der Waals surface area contributed by atoms with E-state index in [9.17, 15) is 31.5 Å². The molecule has 3 aromatic carbocycles. The summed E-state index contributed by atoms with van der Waals surface area (Å²) in [6, 6.07) is 21.1. The molecule has 3 aromatic rings. The van der Waals surface area contributed by atoms with Gasteiger partial charge in [-0.1, -0.05) is 54.6 Å². The minimum atomic E-state index is -4.26. The van der Waals surface area contributed by atoms with Crippen LogP contribution in [0.1, 0.15) is 5.56 Å². The van der Waals surface area contributed by atoms with Crippen molar-refractivity contribution in [2.45, 2.75) is 16.2 Å². The molecular weight excluding hydrogens is 506 g/mol. The molecule has 0 heterocycles. The number of amides is 1. The summed E-state index contributed by atoms with van der Waals surface area (Å²) in [5, 5.41) is 16.8.